The molecule has 1 fully saturated rings. The number of benzene rings is 2. The van der Waals surface area contributed by atoms with Gasteiger partial charge in [-0.25, -0.2) is 18.6 Å². The summed E-state index contributed by atoms with van der Waals surface area (Å²) in [5.41, 5.74) is 1.05. The number of aromatic nitrogens is 1. The summed E-state index contributed by atoms with van der Waals surface area (Å²) in [5.74, 6) is -1.46. The lowest BCUT2D eigenvalue weighted by molar-refractivity contribution is 0.190. The summed E-state index contributed by atoms with van der Waals surface area (Å²) in [5, 5.41) is 7.03. The Balaban J connectivity index is 1.51. The van der Waals surface area contributed by atoms with Crippen LogP contribution in [0.1, 0.15) is 13.3 Å². The highest BCUT2D eigenvalue weighted by Crippen LogP contribution is 2.46. The van der Waals surface area contributed by atoms with Crippen LogP contribution in [-0.2, 0) is 4.74 Å². The molecule has 3 heterocycles. The zero-order valence-corrected chi connectivity index (χ0v) is 21.5. The third-order valence-electron chi connectivity index (χ3n) is 6.38. The molecule has 1 saturated heterocycles. The van der Waals surface area contributed by atoms with Gasteiger partial charge in [0.15, 0.2) is 11.6 Å². The monoisotopic (exact) mass is 547 g/mol. The second kappa shape index (κ2) is 10.8. The van der Waals surface area contributed by atoms with E-state index in [1.807, 2.05) is 0 Å². The van der Waals surface area contributed by atoms with Gasteiger partial charge in [0.25, 0.3) is 0 Å². The van der Waals surface area contributed by atoms with Crippen LogP contribution in [0.4, 0.5) is 36.5 Å². The number of hydrogen-bond acceptors (Lipinski definition) is 5. The van der Waals surface area contributed by atoms with Gasteiger partial charge in [0, 0.05) is 60.3 Å². The van der Waals surface area contributed by atoms with Crippen molar-refractivity contribution in [3.63, 3.8) is 0 Å². The van der Waals surface area contributed by atoms with E-state index in [0.29, 0.717) is 46.7 Å². The van der Waals surface area contributed by atoms with Crippen LogP contribution >= 0.6 is 23.2 Å². The second-order valence-corrected chi connectivity index (χ2v) is 9.65. The van der Waals surface area contributed by atoms with Gasteiger partial charge in [-0.1, -0.05) is 29.3 Å². The first kappa shape index (κ1) is 25.7. The molecule has 2 aromatic carbocycles. The topological polar surface area (TPSA) is 69.7 Å². The molecule has 2 amide bonds. The summed E-state index contributed by atoms with van der Waals surface area (Å²) in [7, 11) is 0. The first-order valence-corrected chi connectivity index (χ1v) is 12.7. The van der Waals surface area contributed by atoms with E-state index in [9.17, 15) is 4.79 Å². The maximum Gasteiger partial charge on any atom is 0.334 e. The third kappa shape index (κ3) is 5.09. The lowest BCUT2D eigenvalue weighted by Crippen LogP contribution is -2.41. The molecular formula is C26H25Cl2F2N5O2. The average Bonchev–Trinajstić information content (AvgIpc) is 3.36. The minimum atomic E-state index is -0.896. The van der Waals surface area contributed by atoms with Crippen LogP contribution in [0.25, 0.3) is 11.1 Å². The fraction of sp³-hybridized carbons (Fsp3) is 0.308. The van der Waals surface area contributed by atoms with Gasteiger partial charge in [-0.05, 0) is 43.7 Å². The molecule has 37 heavy (non-hydrogen) atoms. The van der Waals surface area contributed by atoms with Gasteiger partial charge in [-0.3, -0.25) is 9.80 Å². The molecule has 0 bridgehead atoms. The molecule has 2 aliphatic heterocycles. The number of urea groups is 1. The Hall–Kier alpha value is -2.98. The van der Waals surface area contributed by atoms with E-state index >= 15 is 8.78 Å². The van der Waals surface area contributed by atoms with Crippen LogP contribution in [-0.4, -0.2) is 49.9 Å². The molecule has 0 saturated carbocycles. The van der Waals surface area contributed by atoms with E-state index in [4.69, 9.17) is 27.9 Å². The number of nitrogens with zero attached hydrogens (tertiary/aromatic N) is 3. The molecule has 0 aliphatic carbocycles. The molecule has 5 rings (SSSR count). The molecule has 194 valence electrons. The SMILES string of the molecule is CCN1C(=O)N(c2c(F)cc(NCCNC3CCOC3)cc2F)c2cc(Cl)ccc2-c2cc(Cl)cnc21. The number of carbonyl (C=O) groups is 1. The maximum absolute atomic E-state index is 15.6. The first-order valence-electron chi connectivity index (χ1n) is 12.0. The van der Waals surface area contributed by atoms with Crippen molar-refractivity contribution in [3.8, 4) is 11.1 Å². The van der Waals surface area contributed by atoms with Crippen molar-refractivity contribution in [1.82, 2.24) is 10.3 Å². The predicted molar refractivity (Wildman–Crippen MR) is 142 cm³/mol. The van der Waals surface area contributed by atoms with E-state index < -0.39 is 23.4 Å². The molecule has 0 radical (unpaired) electrons. The first-order chi connectivity index (χ1) is 17.9. The Bertz CT molecular complexity index is 1310. The Labute approximate surface area is 223 Å². The normalized spacial score (nSPS) is 17.0. The number of pyridine rings is 1. The van der Waals surface area contributed by atoms with Crippen molar-refractivity contribution in [3.05, 3.63) is 64.3 Å². The van der Waals surface area contributed by atoms with Gasteiger partial charge in [-0.2, -0.15) is 0 Å². The lowest BCUT2D eigenvalue weighted by Gasteiger charge is -2.28. The van der Waals surface area contributed by atoms with E-state index in [0.717, 1.165) is 17.9 Å². The molecule has 1 unspecified atom stereocenters. The predicted octanol–water partition coefficient (Wildman–Crippen LogP) is 6.22. The van der Waals surface area contributed by atoms with Gasteiger partial charge in [0.1, 0.15) is 11.5 Å². The van der Waals surface area contributed by atoms with Gasteiger partial charge in [0.2, 0.25) is 0 Å². The molecule has 11 heteroatoms. The Morgan fingerprint density at radius 1 is 1.08 bits per heavy atom. The summed E-state index contributed by atoms with van der Waals surface area (Å²) in [6.07, 6.45) is 2.37. The fourth-order valence-corrected chi connectivity index (χ4v) is 4.96. The molecule has 7 nitrogen and oxygen atoms in total. The summed E-state index contributed by atoms with van der Waals surface area (Å²) in [6.45, 7) is 4.42. The second-order valence-electron chi connectivity index (χ2n) is 8.78. The lowest BCUT2D eigenvalue weighted by atomic mass is 10.0. The van der Waals surface area contributed by atoms with Crippen molar-refractivity contribution < 1.29 is 18.3 Å². The largest absolute Gasteiger partial charge is 0.384 e. The summed E-state index contributed by atoms with van der Waals surface area (Å²) in [4.78, 5) is 20.5. The number of amides is 2. The standard InChI is InChI=1S/C26H25Cl2F2N5O2/c1-2-34-25-20(9-16(28)13-33-25)19-4-3-15(27)10-23(19)35(26(34)36)24-21(29)11-18(12-22(24)30)32-7-6-31-17-5-8-37-14-17/h3-4,9-13,17,31-32H,2,5-8,14H2,1H3. The molecule has 3 aromatic rings. The summed E-state index contributed by atoms with van der Waals surface area (Å²) >= 11 is 12.5. The van der Waals surface area contributed by atoms with Crippen molar-refractivity contribution in [2.24, 2.45) is 0 Å². The number of anilines is 4. The van der Waals surface area contributed by atoms with Crippen LogP contribution in [0.15, 0.2) is 42.6 Å². The van der Waals surface area contributed by atoms with Gasteiger partial charge in [0.05, 0.1) is 17.3 Å². The van der Waals surface area contributed by atoms with Crippen LogP contribution in [0.2, 0.25) is 10.0 Å². The quantitative estimate of drug-likeness (QED) is 0.343. The third-order valence-corrected chi connectivity index (χ3v) is 6.82. The maximum atomic E-state index is 15.6. The fourth-order valence-electron chi connectivity index (χ4n) is 4.64. The zero-order chi connectivity index (χ0) is 26.1. The van der Waals surface area contributed by atoms with E-state index in [-0.39, 0.29) is 24.0 Å². The van der Waals surface area contributed by atoms with Gasteiger partial charge >= 0.3 is 6.03 Å². The zero-order valence-electron chi connectivity index (χ0n) is 20.0. The van der Waals surface area contributed by atoms with E-state index in [1.54, 1.807) is 25.1 Å². The minimum absolute atomic E-state index is 0.209. The molecule has 2 N–H and O–H groups in total. The van der Waals surface area contributed by atoms with Crippen molar-refractivity contribution in [2.75, 3.05) is 48.0 Å². The molecule has 1 atom stereocenters. The van der Waals surface area contributed by atoms with Crippen molar-refractivity contribution in [1.29, 1.82) is 0 Å². The number of carbonyl (C=O) groups excluding carboxylic acids is 1. The number of hydrogen-bond donors (Lipinski definition) is 2. The highest BCUT2D eigenvalue weighted by molar-refractivity contribution is 6.32. The molecular weight excluding hydrogens is 523 g/mol. The average molecular weight is 548 g/mol. The number of fused-ring (bicyclic) bond motifs is 3. The van der Waals surface area contributed by atoms with Gasteiger partial charge in [-0.15, -0.1) is 0 Å². The number of nitrogens with one attached hydrogen (secondary N) is 2. The van der Waals surface area contributed by atoms with Crippen molar-refractivity contribution in [2.45, 2.75) is 19.4 Å². The molecule has 2 aliphatic rings. The van der Waals surface area contributed by atoms with Crippen molar-refractivity contribution >= 4 is 52.1 Å². The van der Waals surface area contributed by atoms with E-state index in [2.05, 4.69) is 15.6 Å². The smallest absolute Gasteiger partial charge is 0.334 e. The molecule has 0 spiro atoms. The minimum Gasteiger partial charge on any atom is -0.384 e. The highest BCUT2D eigenvalue weighted by Gasteiger charge is 2.36. The highest BCUT2D eigenvalue weighted by atomic mass is 35.5. The summed E-state index contributed by atoms with van der Waals surface area (Å²) in [6, 6.07) is 8.47. The Kier molecular flexibility index (Phi) is 7.48. The Morgan fingerprint density at radius 2 is 1.86 bits per heavy atom. The number of rotatable bonds is 7. The Morgan fingerprint density at radius 3 is 2.57 bits per heavy atom. The van der Waals surface area contributed by atoms with E-state index in [1.165, 1.54) is 29.3 Å². The summed E-state index contributed by atoms with van der Waals surface area (Å²) < 4.78 is 36.5. The number of halogens is 4. The number of ether oxygens (including phenoxy) is 1. The molecule has 1 aromatic heterocycles. The van der Waals surface area contributed by atoms with Crippen LogP contribution in [0, 0.1) is 11.6 Å². The van der Waals surface area contributed by atoms with Gasteiger partial charge < -0.3 is 15.4 Å². The van der Waals surface area contributed by atoms with Crippen LogP contribution < -0.4 is 20.4 Å². The van der Waals surface area contributed by atoms with Crippen LogP contribution in [0.3, 0.4) is 0 Å². The van der Waals surface area contributed by atoms with Crippen LogP contribution in [0.5, 0.6) is 0 Å².